The van der Waals surface area contributed by atoms with Gasteiger partial charge in [-0.1, -0.05) is 0 Å². The highest BCUT2D eigenvalue weighted by Gasteiger charge is 2.16. The van der Waals surface area contributed by atoms with E-state index in [1.165, 1.54) is 0 Å². The smallest absolute Gasteiger partial charge is 0.157 e. The van der Waals surface area contributed by atoms with Crippen molar-refractivity contribution in [3.63, 3.8) is 0 Å². The van der Waals surface area contributed by atoms with Crippen molar-refractivity contribution in [2.75, 3.05) is 26.6 Å². The van der Waals surface area contributed by atoms with Gasteiger partial charge in [-0.05, 0) is 36.4 Å². The van der Waals surface area contributed by atoms with Gasteiger partial charge in [0.2, 0.25) is 0 Å². The number of imidazole rings is 1. The van der Waals surface area contributed by atoms with Crippen molar-refractivity contribution in [1.82, 2.24) is 14.4 Å². The van der Waals surface area contributed by atoms with Crippen molar-refractivity contribution in [2.45, 2.75) is 0 Å². The molecule has 0 atom stereocenters. The van der Waals surface area contributed by atoms with Gasteiger partial charge < -0.3 is 19.5 Å². The van der Waals surface area contributed by atoms with E-state index in [1.807, 2.05) is 53.1 Å². The van der Waals surface area contributed by atoms with Gasteiger partial charge in [0.15, 0.2) is 5.65 Å². The minimum atomic E-state index is 0.700. The van der Waals surface area contributed by atoms with E-state index in [2.05, 4.69) is 10.3 Å². The zero-order valence-corrected chi connectivity index (χ0v) is 15.8. The van der Waals surface area contributed by atoms with Crippen molar-refractivity contribution in [2.24, 2.45) is 0 Å². The van der Waals surface area contributed by atoms with Crippen molar-refractivity contribution >= 4 is 17.2 Å². The summed E-state index contributed by atoms with van der Waals surface area (Å²) in [6.45, 7) is 0. The van der Waals surface area contributed by atoms with Crippen LogP contribution in [0.25, 0.3) is 16.9 Å². The predicted molar refractivity (Wildman–Crippen MR) is 108 cm³/mol. The first kappa shape index (κ1) is 17.7. The standard InChI is InChI=1S/C21H20N4O3/c1-26-15-6-4-14(5-7-15)20-21(25-11-10-22-13-19(25)24-20)23-17-12-16(27-2)8-9-18(17)28-3/h4-13,23H,1-3H3. The highest BCUT2D eigenvalue weighted by atomic mass is 16.5. The SMILES string of the molecule is COc1ccc(-c2nc3cnccn3c2Nc2cc(OC)ccc2OC)cc1. The largest absolute Gasteiger partial charge is 0.497 e. The van der Waals surface area contributed by atoms with E-state index in [-0.39, 0.29) is 0 Å². The molecule has 2 aromatic heterocycles. The lowest BCUT2D eigenvalue weighted by atomic mass is 10.1. The topological polar surface area (TPSA) is 69.9 Å². The summed E-state index contributed by atoms with van der Waals surface area (Å²) in [4.78, 5) is 8.94. The Hall–Kier alpha value is -3.74. The molecule has 4 rings (SSSR count). The van der Waals surface area contributed by atoms with Crippen LogP contribution in [0.5, 0.6) is 17.2 Å². The molecule has 2 aromatic carbocycles. The fourth-order valence-electron chi connectivity index (χ4n) is 3.02. The molecule has 0 aliphatic heterocycles. The lowest BCUT2D eigenvalue weighted by molar-refractivity contribution is 0.405. The van der Waals surface area contributed by atoms with Gasteiger partial charge in [0.1, 0.15) is 28.8 Å². The molecule has 0 fully saturated rings. The van der Waals surface area contributed by atoms with Crippen LogP contribution in [-0.2, 0) is 0 Å². The molecule has 28 heavy (non-hydrogen) atoms. The molecule has 0 aliphatic carbocycles. The maximum absolute atomic E-state index is 5.50. The summed E-state index contributed by atoms with van der Waals surface area (Å²) in [6.07, 6.45) is 5.31. The molecule has 4 aromatic rings. The summed E-state index contributed by atoms with van der Waals surface area (Å²) in [5.41, 5.74) is 3.25. The minimum absolute atomic E-state index is 0.700. The van der Waals surface area contributed by atoms with E-state index in [0.717, 1.165) is 39.9 Å². The van der Waals surface area contributed by atoms with Gasteiger partial charge in [-0.15, -0.1) is 0 Å². The second-order valence-corrected chi connectivity index (χ2v) is 6.03. The van der Waals surface area contributed by atoms with Crippen LogP contribution < -0.4 is 19.5 Å². The van der Waals surface area contributed by atoms with Gasteiger partial charge in [-0.2, -0.15) is 0 Å². The average Bonchev–Trinajstić information content (AvgIpc) is 3.12. The second kappa shape index (κ2) is 7.48. The van der Waals surface area contributed by atoms with Gasteiger partial charge >= 0.3 is 0 Å². The van der Waals surface area contributed by atoms with Crippen LogP contribution in [0.15, 0.2) is 61.1 Å². The predicted octanol–water partition coefficient (Wildman–Crippen LogP) is 4.17. The number of nitrogens with one attached hydrogen (secondary N) is 1. The molecule has 0 unspecified atom stereocenters. The van der Waals surface area contributed by atoms with Crippen molar-refractivity contribution in [1.29, 1.82) is 0 Å². The number of rotatable bonds is 6. The van der Waals surface area contributed by atoms with E-state index in [4.69, 9.17) is 19.2 Å². The Labute approximate surface area is 162 Å². The molecule has 0 spiro atoms. The molecule has 2 heterocycles. The number of anilines is 2. The minimum Gasteiger partial charge on any atom is -0.497 e. The lowest BCUT2D eigenvalue weighted by Gasteiger charge is -2.14. The molecule has 7 heteroatoms. The summed E-state index contributed by atoms with van der Waals surface area (Å²) in [6, 6.07) is 13.4. The number of hydrogen-bond acceptors (Lipinski definition) is 6. The third-order valence-electron chi connectivity index (χ3n) is 4.45. The Morgan fingerprint density at radius 3 is 2.36 bits per heavy atom. The van der Waals surface area contributed by atoms with Crippen LogP contribution in [0.3, 0.4) is 0 Å². The summed E-state index contributed by atoms with van der Waals surface area (Å²) in [7, 11) is 4.91. The Balaban J connectivity index is 1.86. The summed E-state index contributed by atoms with van der Waals surface area (Å²) in [5, 5.41) is 3.45. The maximum Gasteiger partial charge on any atom is 0.157 e. The first-order chi connectivity index (χ1) is 13.7. The molecular formula is C21H20N4O3. The van der Waals surface area contributed by atoms with Crippen LogP contribution in [0.2, 0.25) is 0 Å². The summed E-state index contributed by atoms with van der Waals surface area (Å²) < 4.78 is 18.1. The molecular weight excluding hydrogens is 356 g/mol. The number of benzene rings is 2. The summed E-state index contributed by atoms with van der Waals surface area (Å²) in [5.74, 6) is 3.02. The average molecular weight is 376 g/mol. The third kappa shape index (κ3) is 3.18. The monoisotopic (exact) mass is 376 g/mol. The maximum atomic E-state index is 5.50. The zero-order chi connectivity index (χ0) is 19.5. The Kier molecular flexibility index (Phi) is 4.72. The third-order valence-corrected chi connectivity index (χ3v) is 4.45. The molecule has 7 nitrogen and oxygen atoms in total. The van der Waals surface area contributed by atoms with Crippen LogP contribution >= 0.6 is 0 Å². The second-order valence-electron chi connectivity index (χ2n) is 6.03. The van der Waals surface area contributed by atoms with E-state index < -0.39 is 0 Å². The van der Waals surface area contributed by atoms with Crippen molar-refractivity contribution in [3.05, 3.63) is 61.1 Å². The van der Waals surface area contributed by atoms with Crippen LogP contribution in [0.4, 0.5) is 11.5 Å². The molecule has 0 radical (unpaired) electrons. The van der Waals surface area contributed by atoms with E-state index in [1.54, 1.807) is 33.7 Å². The Bertz CT molecular complexity index is 1110. The molecule has 0 bridgehead atoms. The lowest BCUT2D eigenvalue weighted by Crippen LogP contribution is -2.00. The number of hydrogen-bond donors (Lipinski definition) is 1. The van der Waals surface area contributed by atoms with Gasteiger partial charge in [0.25, 0.3) is 0 Å². The van der Waals surface area contributed by atoms with Crippen LogP contribution in [-0.4, -0.2) is 35.7 Å². The molecule has 142 valence electrons. The van der Waals surface area contributed by atoms with Gasteiger partial charge in [0, 0.05) is 24.0 Å². The summed E-state index contributed by atoms with van der Waals surface area (Å²) >= 11 is 0. The van der Waals surface area contributed by atoms with Crippen LogP contribution in [0.1, 0.15) is 0 Å². The molecule has 0 aliphatic rings. The normalized spacial score (nSPS) is 10.7. The molecule has 0 amide bonds. The molecule has 0 saturated heterocycles. The first-order valence-electron chi connectivity index (χ1n) is 8.69. The van der Waals surface area contributed by atoms with Crippen molar-refractivity contribution < 1.29 is 14.2 Å². The van der Waals surface area contributed by atoms with Gasteiger partial charge in [-0.3, -0.25) is 9.38 Å². The van der Waals surface area contributed by atoms with E-state index >= 15 is 0 Å². The van der Waals surface area contributed by atoms with E-state index in [0.29, 0.717) is 5.75 Å². The molecule has 1 N–H and O–H groups in total. The number of ether oxygens (including phenoxy) is 3. The van der Waals surface area contributed by atoms with Crippen molar-refractivity contribution in [3.8, 4) is 28.5 Å². The number of aromatic nitrogens is 3. The highest BCUT2D eigenvalue weighted by Crippen LogP contribution is 2.36. The molecule has 0 saturated carbocycles. The van der Waals surface area contributed by atoms with Gasteiger partial charge in [-0.25, -0.2) is 4.98 Å². The van der Waals surface area contributed by atoms with E-state index in [9.17, 15) is 0 Å². The number of methoxy groups -OCH3 is 3. The fraction of sp³-hybridized carbons (Fsp3) is 0.143. The number of nitrogens with zero attached hydrogens (tertiary/aromatic N) is 3. The highest BCUT2D eigenvalue weighted by molar-refractivity contribution is 5.81. The quantitative estimate of drug-likeness (QED) is 0.545. The Morgan fingerprint density at radius 2 is 1.64 bits per heavy atom. The van der Waals surface area contributed by atoms with Crippen LogP contribution in [0, 0.1) is 0 Å². The number of fused-ring (bicyclic) bond motifs is 1. The zero-order valence-electron chi connectivity index (χ0n) is 15.8. The first-order valence-corrected chi connectivity index (χ1v) is 8.69. The Morgan fingerprint density at radius 1 is 0.893 bits per heavy atom. The van der Waals surface area contributed by atoms with Gasteiger partial charge in [0.05, 0.1) is 33.2 Å². The fourth-order valence-corrected chi connectivity index (χ4v) is 3.02.